The number of thioether (sulfide) groups is 1. The molecule has 2 rings (SSSR count). The Morgan fingerprint density at radius 2 is 2.26 bits per heavy atom. The Labute approximate surface area is 115 Å². The smallest absolute Gasteiger partial charge is 0.337 e. The van der Waals surface area contributed by atoms with Gasteiger partial charge in [0, 0.05) is 11.7 Å². The van der Waals surface area contributed by atoms with Crippen LogP contribution in [0.4, 0.5) is 5.69 Å². The van der Waals surface area contributed by atoms with Crippen molar-refractivity contribution < 1.29 is 19.4 Å². The second-order valence-electron chi connectivity index (χ2n) is 4.27. The average molecular weight is 281 g/mol. The van der Waals surface area contributed by atoms with Crippen LogP contribution in [0.2, 0.25) is 0 Å². The molecular formula is C13H15NO4S. The van der Waals surface area contributed by atoms with E-state index in [9.17, 15) is 9.59 Å². The molecule has 1 atom stereocenters. The molecule has 0 saturated carbocycles. The minimum Gasteiger partial charge on any atom is -0.497 e. The fraction of sp³-hybridized carbons (Fsp3) is 0.385. The molecule has 1 fully saturated rings. The van der Waals surface area contributed by atoms with Crippen molar-refractivity contribution in [1.82, 2.24) is 0 Å². The molecule has 1 unspecified atom stereocenters. The maximum absolute atomic E-state index is 12.0. The summed E-state index contributed by atoms with van der Waals surface area (Å²) in [4.78, 5) is 23.2. The maximum atomic E-state index is 12.0. The summed E-state index contributed by atoms with van der Waals surface area (Å²) in [7, 11) is 1.47. The molecule has 5 nitrogen and oxygen atoms in total. The topological polar surface area (TPSA) is 75.6 Å². The zero-order valence-corrected chi connectivity index (χ0v) is 11.3. The molecule has 1 aromatic rings. The minimum atomic E-state index is -1.09. The van der Waals surface area contributed by atoms with E-state index in [2.05, 4.69) is 5.32 Å². The van der Waals surface area contributed by atoms with E-state index in [4.69, 9.17) is 9.84 Å². The van der Waals surface area contributed by atoms with E-state index in [-0.39, 0.29) is 17.4 Å². The zero-order valence-electron chi connectivity index (χ0n) is 10.5. The van der Waals surface area contributed by atoms with Crippen molar-refractivity contribution in [3.63, 3.8) is 0 Å². The molecule has 1 saturated heterocycles. The third-order valence-corrected chi connectivity index (χ3v) is 4.18. The van der Waals surface area contributed by atoms with Crippen molar-refractivity contribution in [3.05, 3.63) is 23.8 Å². The van der Waals surface area contributed by atoms with Crippen LogP contribution in [0, 0.1) is 5.92 Å². The number of hydrogen-bond donors (Lipinski definition) is 2. The lowest BCUT2D eigenvalue weighted by atomic mass is 10.1. The SMILES string of the molecule is COc1ccc(NC(=O)C2CCSC2)c(C(=O)O)c1. The van der Waals surface area contributed by atoms with Crippen LogP contribution in [0.3, 0.4) is 0 Å². The molecule has 1 aliphatic heterocycles. The van der Waals surface area contributed by atoms with Gasteiger partial charge in [0.2, 0.25) is 5.91 Å². The number of aromatic carboxylic acids is 1. The normalized spacial score (nSPS) is 18.1. The van der Waals surface area contributed by atoms with Gasteiger partial charge in [-0.3, -0.25) is 4.79 Å². The number of ether oxygens (including phenoxy) is 1. The number of benzene rings is 1. The summed E-state index contributed by atoms with van der Waals surface area (Å²) in [5, 5.41) is 11.8. The summed E-state index contributed by atoms with van der Waals surface area (Å²) in [6, 6.07) is 4.59. The second-order valence-corrected chi connectivity index (χ2v) is 5.42. The number of carboxylic acids is 1. The first-order chi connectivity index (χ1) is 9.11. The monoisotopic (exact) mass is 281 g/mol. The van der Waals surface area contributed by atoms with Gasteiger partial charge in [-0.1, -0.05) is 0 Å². The average Bonchev–Trinajstić information content (AvgIpc) is 2.92. The summed E-state index contributed by atoms with van der Waals surface area (Å²) in [6.07, 6.45) is 0.842. The molecule has 2 N–H and O–H groups in total. The predicted molar refractivity (Wildman–Crippen MR) is 74.0 cm³/mol. The first-order valence-corrected chi connectivity index (χ1v) is 7.07. The number of hydrogen-bond acceptors (Lipinski definition) is 4. The Hall–Kier alpha value is -1.69. The van der Waals surface area contributed by atoms with Crippen molar-refractivity contribution in [2.24, 2.45) is 5.92 Å². The van der Waals surface area contributed by atoms with E-state index < -0.39 is 5.97 Å². The molecule has 0 aromatic heterocycles. The van der Waals surface area contributed by atoms with Crippen LogP contribution in [0.25, 0.3) is 0 Å². The molecule has 1 aromatic carbocycles. The van der Waals surface area contributed by atoms with Crippen LogP contribution in [0.15, 0.2) is 18.2 Å². The Kier molecular flexibility index (Phi) is 4.31. The highest BCUT2D eigenvalue weighted by Crippen LogP contribution is 2.27. The quantitative estimate of drug-likeness (QED) is 0.883. The lowest BCUT2D eigenvalue weighted by Crippen LogP contribution is -2.23. The molecule has 19 heavy (non-hydrogen) atoms. The number of methoxy groups -OCH3 is 1. The van der Waals surface area contributed by atoms with Gasteiger partial charge in [-0.05, 0) is 30.4 Å². The van der Waals surface area contributed by atoms with Gasteiger partial charge in [0.1, 0.15) is 5.75 Å². The molecule has 1 amide bonds. The number of anilines is 1. The summed E-state index contributed by atoms with van der Waals surface area (Å²) in [5.74, 6) is 0.991. The Morgan fingerprint density at radius 1 is 1.47 bits per heavy atom. The Bertz CT molecular complexity index is 497. The summed E-state index contributed by atoms with van der Waals surface area (Å²) < 4.78 is 4.99. The first-order valence-electron chi connectivity index (χ1n) is 5.91. The van der Waals surface area contributed by atoms with E-state index in [1.807, 2.05) is 0 Å². The maximum Gasteiger partial charge on any atom is 0.337 e. The van der Waals surface area contributed by atoms with Gasteiger partial charge < -0.3 is 15.2 Å². The zero-order chi connectivity index (χ0) is 13.8. The summed E-state index contributed by atoms with van der Waals surface area (Å²) >= 11 is 1.74. The Morgan fingerprint density at radius 3 is 2.84 bits per heavy atom. The van der Waals surface area contributed by atoms with Gasteiger partial charge in [0.05, 0.1) is 18.4 Å². The van der Waals surface area contributed by atoms with Crippen molar-refractivity contribution in [2.75, 3.05) is 23.9 Å². The molecule has 1 heterocycles. The molecule has 0 radical (unpaired) electrons. The van der Waals surface area contributed by atoms with Gasteiger partial charge in [0.25, 0.3) is 0 Å². The molecule has 6 heteroatoms. The second kappa shape index (κ2) is 5.97. The fourth-order valence-electron chi connectivity index (χ4n) is 1.91. The summed E-state index contributed by atoms with van der Waals surface area (Å²) in [5.41, 5.74) is 0.355. The third-order valence-electron chi connectivity index (χ3n) is 3.02. The van der Waals surface area contributed by atoms with Crippen LogP contribution in [0.5, 0.6) is 5.75 Å². The van der Waals surface area contributed by atoms with Crippen molar-refractivity contribution in [1.29, 1.82) is 0 Å². The third kappa shape index (κ3) is 3.20. The highest BCUT2D eigenvalue weighted by atomic mass is 32.2. The standard InChI is InChI=1S/C13H15NO4S/c1-18-9-2-3-11(10(6-9)13(16)17)14-12(15)8-4-5-19-7-8/h2-3,6,8H,4-5,7H2,1H3,(H,14,15)(H,16,17). The number of carbonyl (C=O) groups is 2. The van der Waals surface area contributed by atoms with Crippen LogP contribution < -0.4 is 10.1 Å². The fourth-order valence-corrected chi connectivity index (χ4v) is 3.13. The van der Waals surface area contributed by atoms with Gasteiger partial charge in [-0.15, -0.1) is 0 Å². The van der Waals surface area contributed by atoms with Gasteiger partial charge >= 0.3 is 5.97 Å². The number of carbonyl (C=O) groups excluding carboxylic acids is 1. The molecule has 0 spiro atoms. The predicted octanol–water partition coefficient (Wildman–Crippen LogP) is 2.08. The van der Waals surface area contributed by atoms with E-state index in [0.717, 1.165) is 17.9 Å². The largest absolute Gasteiger partial charge is 0.497 e. The Balaban J connectivity index is 2.19. The molecule has 1 aliphatic rings. The van der Waals surface area contributed by atoms with Gasteiger partial charge in [0.15, 0.2) is 0 Å². The van der Waals surface area contributed by atoms with Gasteiger partial charge in [-0.25, -0.2) is 4.79 Å². The van der Waals surface area contributed by atoms with Crippen LogP contribution in [-0.2, 0) is 4.79 Å². The van der Waals surface area contributed by atoms with E-state index in [1.165, 1.54) is 13.2 Å². The van der Waals surface area contributed by atoms with Gasteiger partial charge in [-0.2, -0.15) is 11.8 Å². The number of rotatable bonds is 4. The highest BCUT2D eigenvalue weighted by Gasteiger charge is 2.24. The number of carboxylic acid groups (broad SMARTS) is 1. The molecule has 102 valence electrons. The van der Waals surface area contributed by atoms with E-state index in [1.54, 1.807) is 23.9 Å². The first kappa shape index (κ1) is 13.7. The lowest BCUT2D eigenvalue weighted by Gasteiger charge is -2.12. The van der Waals surface area contributed by atoms with Crippen molar-refractivity contribution in [3.8, 4) is 5.75 Å². The van der Waals surface area contributed by atoms with Crippen molar-refractivity contribution in [2.45, 2.75) is 6.42 Å². The van der Waals surface area contributed by atoms with E-state index in [0.29, 0.717) is 11.4 Å². The van der Waals surface area contributed by atoms with Crippen molar-refractivity contribution >= 4 is 29.3 Å². The molecule has 0 bridgehead atoms. The number of amides is 1. The number of nitrogens with one attached hydrogen (secondary N) is 1. The molecular weight excluding hydrogens is 266 g/mol. The lowest BCUT2D eigenvalue weighted by molar-refractivity contribution is -0.119. The van der Waals surface area contributed by atoms with Crippen LogP contribution in [0.1, 0.15) is 16.8 Å². The van der Waals surface area contributed by atoms with E-state index >= 15 is 0 Å². The molecule has 0 aliphatic carbocycles. The minimum absolute atomic E-state index is 0.0336. The summed E-state index contributed by atoms with van der Waals surface area (Å²) in [6.45, 7) is 0. The van der Waals surface area contributed by atoms with Crippen LogP contribution in [-0.4, -0.2) is 35.6 Å². The highest BCUT2D eigenvalue weighted by molar-refractivity contribution is 7.99. The van der Waals surface area contributed by atoms with Crippen LogP contribution >= 0.6 is 11.8 Å².